The molecule has 2 aromatic carbocycles. The normalized spacial score (nSPS) is 13.7. The van der Waals surface area contributed by atoms with Crippen LogP contribution in [0.3, 0.4) is 0 Å². The van der Waals surface area contributed by atoms with Crippen molar-refractivity contribution in [2.75, 3.05) is 63.8 Å². The van der Waals surface area contributed by atoms with Crippen molar-refractivity contribution in [1.82, 2.24) is 14.3 Å². The molecule has 0 atom stereocenters. The Hall–Kier alpha value is -3.33. The molecule has 33 heavy (non-hydrogen) atoms. The quantitative estimate of drug-likeness (QED) is 0.504. The van der Waals surface area contributed by atoms with Crippen LogP contribution in [0.5, 0.6) is 11.5 Å². The molecular formula is C24H29N5O3S. The van der Waals surface area contributed by atoms with Gasteiger partial charge in [-0.2, -0.15) is 4.37 Å². The summed E-state index contributed by atoms with van der Waals surface area (Å²) in [4.78, 5) is 23.6. The summed E-state index contributed by atoms with van der Waals surface area (Å²) >= 11 is 1.32. The molecule has 174 valence electrons. The van der Waals surface area contributed by atoms with Gasteiger partial charge in [0.2, 0.25) is 11.0 Å². The Morgan fingerprint density at radius 3 is 2.45 bits per heavy atom. The van der Waals surface area contributed by atoms with Gasteiger partial charge >= 0.3 is 0 Å². The zero-order chi connectivity index (χ0) is 23.2. The number of methoxy groups -OCH3 is 2. The van der Waals surface area contributed by atoms with Crippen molar-refractivity contribution in [2.24, 2.45) is 0 Å². The van der Waals surface area contributed by atoms with Gasteiger partial charge in [0, 0.05) is 56.9 Å². The average Bonchev–Trinajstić information content (AvgIpc) is 3.33. The van der Waals surface area contributed by atoms with E-state index in [1.807, 2.05) is 53.2 Å². The number of nitrogens with zero attached hydrogens (tertiary/aromatic N) is 5. The Kier molecular flexibility index (Phi) is 7.29. The number of piperazine rings is 1. The lowest BCUT2D eigenvalue weighted by Gasteiger charge is -2.36. The zero-order valence-corrected chi connectivity index (χ0v) is 20.0. The molecule has 0 bridgehead atoms. The minimum absolute atomic E-state index is 0.108. The van der Waals surface area contributed by atoms with E-state index < -0.39 is 0 Å². The van der Waals surface area contributed by atoms with E-state index in [1.54, 1.807) is 14.2 Å². The van der Waals surface area contributed by atoms with Crippen LogP contribution in [0.2, 0.25) is 0 Å². The first kappa shape index (κ1) is 22.8. The molecule has 0 N–H and O–H groups in total. The first-order valence-corrected chi connectivity index (χ1v) is 11.7. The van der Waals surface area contributed by atoms with Crippen LogP contribution in [0.15, 0.2) is 48.5 Å². The van der Waals surface area contributed by atoms with E-state index in [-0.39, 0.29) is 12.5 Å². The molecule has 1 amide bonds. The largest absolute Gasteiger partial charge is 0.497 e. The SMILES string of the molecule is COc1ccc(N2CCN(C(=O)CN(C)c3nc(Cc4cccc(OC)c4)ns3)CC2)cc1. The smallest absolute Gasteiger partial charge is 0.242 e. The van der Waals surface area contributed by atoms with E-state index >= 15 is 0 Å². The molecule has 0 aliphatic carbocycles. The lowest BCUT2D eigenvalue weighted by atomic mass is 10.1. The van der Waals surface area contributed by atoms with E-state index in [4.69, 9.17) is 9.47 Å². The molecule has 3 aromatic rings. The Labute approximate surface area is 198 Å². The maximum Gasteiger partial charge on any atom is 0.242 e. The van der Waals surface area contributed by atoms with Gasteiger partial charge in [0.05, 0.1) is 20.8 Å². The fraction of sp³-hybridized carbons (Fsp3) is 0.375. The lowest BCUT2D eigenvalue weighted by Crippen LogP contribution is -2.51. The number of hydrogen-bond donors (Lipinski definition) is 0. The summed E-state index contributed by atoms with van der Waals surface area (Å²) in [6.45, 7) is 3.32. The predicted octanol–water partition coefficient (Wildman–Crippen LogP) is 2.93. The van der Waals surface area contributed by atoms with Crippen LogP contribution in [0.4, 0.5) is 10.8 Å². The number of aromatic nitrogens is 2. The molecule has 2 heterocycles. The molecule has 1 aromatic heterocycles. The van der Waals surface area contributed by atoms with E-state index in [0.717, 1.165) is 46.8 Å². The van der Waals surface area contributed by atoms with Crippen LogP contribution in [0.25, 0.3) is 0 Å². The molecule has 0 spiro atoms. The number of hydrogen-bond acceptors (Lipinski definition) is 8. The number of anilines is 2. The summed E-state index contributed by atoms with van der Waals surface area (Å²) in [6, 6.07) is 15.9. The standard InChI is InChI=1S/C24H29N5O3S/c1-27(24-25-22(26-33-24)16-18-5-4-6-21(15-18)32-3)17-23(30)29-13-11-28(12-14-29)19-7-9-20(31-2)10-8-19/h4-10,15H,11-14,16-17H2,1-3H3. The number of rotatable bonds is 8. The summed E-state index contributed by atoms with van der Waals surface area (Å²) in [7, 11) is 5.21. The molecule has 1 aliphatic heterocycles. The van der Waals surface area contributed by atoms with Gasteiger partial charge in [-0.3, -0.25) is 4.79 Å². The van der Waals surface area contributed by atoms with Crippen molar-refractivity contribution >= 4 is 28.3 Å². The molecular weight excluding hydrogens is 438 g/mol. The molecule has 1 saturated heterocycles. The van der Waals surface area contributed by atoms with Crippen LogP contribution < -0.4 is 19.3 Å². The Bertz CT molecular complexity index is 1060. The molecule has 0 unspecified atom stereocenters. The molecule has 8 nitrogen and oxygen atoms in total. The Balaban J connectivity index is 1.28. The minimum Gasteiger partial charge on any atom is -0.497 e. The second-order valence-electron chi connectivity index (χ2n) is 7.94. The van der Waals surface area contributed by atoms with Crippen molar-refractivity contribution in [1.29, 1.82) is 0 Å². The summed E-state index contributed by atoms with van der Waals surface area (Å²) in [6.07, 6.45) is 0.628. The van der Waals surface area contributed by atoms with Crippen molar-refractivity contribution in [2.45, 2.75) is 6.42 Å². The van der Waals surface area contributed by atoms with E-state index in [2.05, 4.69) is 26.4 Å². The third kappa shape index (κ3) is 5.73. The van der Waals surface area contributed by atoms with E-state index in [1.165, 1.54) is 11.5 Å². The predicted molar refractivity (Wildman–Crippen MR) is 131 cm³/mol. The number of benzene rings is 2. The monoisotopic (exact) mass is 467 g/mol. The van der Waals surface area contributed by atoms with Gasteiger partial charge in [0.15, 0.2) is 0 Å². The Morgan fingerprint density at radius 1 is 1.03 bits per heavy atom. The fourth-order valence-corrected chi connectivity index (χ4v) is 4.46. The Morgan fingerprint density at radius 2 is 1.76 bits per heavy atom. The van der Waals surface area contributed by atoms with Gasteiger partial charge < -0.3 is 24.2 Å². The topological polar surface area (TPSA) is 71.0 Å². The van der Waals surface area contributed by atoms with Crippen molar-refractivity contribution in [3.8, 4) is 11.5 Å². The summed E-state index contributed by atoms with van der Waals surface area (Å²) in [5.41, 5.74) is 2.24. The maximum absolute atomic E-state index is 12.9. The number of amides is 1. The second kappa shape index (κ2) is 10.5. The first-order chi connectivity index (χ1) is 16.1. The summed E-state index contributed by atoms with van der Waals surface area (Å²) < 4.78 is 15.0. The van der Waals surface area contributed by atoms with Crippen LogP contribution in [0, 0.1) is 0 Å². The van der Waals surface area contributed by atoms with Gasteiger partial charge in [0.25, 0.3) is 0 Å². The number of carbonyl (C=O) groups is 1. The molecule has 1 aliphatic rings. The number of ether oxygens (including phenoxy) is 2. The zero-order valence-electron chi connectivity index (χ0n) is 19.2. The molecule has 4 rings (SSSR count). The first-order valence-electron chi connectivity index (χ1n) is 10.9. The van der Waals surface area contributed by atoms with Crippen LogP contribution >= 0.6 is 11.5 Å². The molecule has 0 radical (unpaired) electrons. The minimum atomic E-state index is 0.108. The number of likely N-dealkylation sites (N-methyl/N-ethyl adjacent to an activating group) is 1. The van der Waals surface area contributed by atoms with E-state index in [9.17, 15) is 4.79 Å². The van der Waals surface area contributed by atoms with E-state index in [0.29, 0.717) is 19.5 Å². The van der Waals surface area contributed by atoms with Gasteiger partial charge in [-0.05, 0) is 42.0 Å². The lowest BCUT2D eigenvalue weighted by molar-refractivity contribution is -0.129. The molecule has 0 saturated carbocycles. The highest BCUT2D eigenvalue weighted by Crippen LogP contribution is 2.22. The van der Waals surface area contributed by atoms with Gasteiger partial charge in [-0.25, -0.2) is 4.98 Å². The van der Waals surface area contributed by atoms with Crippen LogP contribution in [0.1, 0.15) is 11.4 Å². The molecule has 1 fully saturated rings. The average molecular weight is 468 g/mol. The number of carbonyl (C=O) groups excluding carboxylic acids is 1. The van der Waals surface area contributed by atoms with Crippen molar-refractivity contribution in [3.63, 3.8) is 0 Å². The third-order valence-corrected chi connectivity index (χ3v) is 6.59. The van der Waals surface area contributed by atoms with Crippen molar-refractivity contribution in [3.05, 3.63) is 59.9 Å². The summed E-state index contributed by atoms with van der Waals surface area (Å²) in [5.74, 6) is 2.52. The highest BCUT2D eigenvalue weighted by molar-refractivity contribution is 7.09. The third-order valence-electron chi connectivity index (χ3n) is 5.72. The maximum atomic E-state index is 12.9. The van der Waals surface area contributed by atoms with Crippen molar-refractivity contribution < 1.29 is 14.3 Å². The second-order valence-corrected chi connectivity index (χ2v) is 8.67. The van der Waals surface area contributed by atoms with Crippen LogP contribution in [-0.4, -0.2) is 74.2 Å². The summed E-state index contributed by atoms with van der Waals surface area (Å²) in [5, 5.41) is 0.748. The highest BCUT2D eigenvalue weighted by atomic mass is 32.1. The fourth-order valence-electron chi connectivity index (χ4n) is 3.81. The van der Waals surface area contributed by atoms with Gasteiger partial charge in [0.1, 0.15) is 17.3 Å². The van der Waals surface area contributed by atoms with Gasteiger partial charge in [-0.1, -0.05) is 12.1 Å². The molecule has 9 heteroatoms. The van der Waals surface area contributed by atoms with Gasteiger partial charge in [-0.15, -0.1) is 0 Å². The highest BCUT2D eigenvalue weighted by Gasteiger charge is 2.23. The van der Waals surface area contributed by atoms with Crippen LogP contribution in [-0.2, 0) is 11.2 Å².